The smallest absolute Gasteiger partial charge is 0.266 e. The van der Waals surface area contributed by atoms with Gasteiger partial charge in [0.2, 0.25) is 0 Å². The predicted octanol–water partition coefficient (Wildman–Crippen LogP) is 1.58. The molecule has 0 saturated carbocycles. The van der Waals surface area contributed by atoms with E-state index in [0.717, 1.165) is 10.8 Å². The van der Waals surface area contributed by atoms with Gasteiger partial charge in [-0.05, 0) is 18.4 Å². The van der Waals surface area contributed by atoms with Crippen molar-refractivity contribution in [1.29, 1.82) is 0 Å². The topological polar surface area (TPSA) is 46.6 Å². The second-order valence-corrected chi connectivity index (χ2v) is 4.26. The van der Waals surface area contributed by atoms with Crippen molar-refractivity contribution in [3.63, 3.8) is 0 Å². The number of nitrogens with zero attached hydrogens (tertiary/aromatic N) is 1. The van der Waals surface area contributed by atoms with E-state index in [1.165, 1.54) is 0 Å². The Bertz CT molecular complexity index is 398. The van der Waals surface area contributed by atoms with Crippen molar-refractivity contribution < 1.29 is 14.4 Å². The molecule has 2 amide bonds. The van der Waals surface area contributed by atoms with Gasteiger partial charge in [-0.2, -0.15) is 11.8 Å². The SMILES string of the molecule is CSCCON1C(=O)c2ccccc2C1=O. The summed E-state index contributed by atoms with van der Waals surface area (Å²) in [5.41, 5.74) is 0.827. The molecule has 1 aliphatic rings. The van der Waals surface area contributed by atoms with Gasteiger partial charge >= 0.3 is 0 Å². The maximum atomic E-state index is 11.8. The van der Waals surface area contributed by atoms with Gasteiger partial charge in [-0.1, -0.05) is 12.1 Å². The van der Waals surface area contributed by atoms with Gasteiger partial charge in [0.05, 0.1) is 17.7 Å². The molecule has 0 radical (unpaired) electrons. The van der Waals surface area contributed by atoms with E-state index in [-0.39, 0.29) is 11.8 Å². The molecule has 1 aliphatic heterocycles. The van der Waals surface area contributed by atoms with Gasteiger partial charge < -0.3 is 0 Å². The minimum atomic E-state index is -0.373. The standard InChI is InChI=1S/C11H11NO3S/c1-16-7-6-15-12-10(13)8-4-2-3-5-9(8)11(12)14/h2-5H,6-7H2,1H3. The highest BCUT2D eigenvalue weighted by molar-refractivity contribution is 7.98. The van der Waals surface area contributed by atoms with Crippen molar-refractivity contribution >= 4 is 23.6 Å². The van der Waals surface area contributed by atoms with Crippen LogP contribution in [0.4, 0.5) is 0 Å². The fourth-order valence-corrected chi connectivity index (χ4v) is 1.74. The van der Waals surface area contributed by atoms with Crippen molar-refractivity contribution in [1.82, 2.24) is 5.06 Å². The van der Waals surface area contributed by atoms with Crippen LogP contribution in [0, 0.1) is 0 Å². The summed E-state index contributed by atoms with van der Waals surface area (Å²) in [6, 6.07) is 6.73. The van der Waals surface area contributed by atoms with Gasteiger partial charge in [0, 0.05) is 5.75 Å². The van der Waals surface area contributed by atoms with E-state index in [1.54, 1.807) is 36.0 Å². The molecule has 1 aromatic rings. The second-order valence-electron chi connectivity index (χ2n) is 3.28. The number of imide groups is 1. The van der Waals surface area contributed by atoms with E-state index in [0.29, 0.717) is 17.7 Å². The molecular weight excluding hydrogens is 226 g/mol. The van der Waals surface area contributed by atoms with E-state index >= 15 is 0 Å². The number of benzene rings is 1. The number of amides is 2. The van der Waals surface area contributed by atoms with E-state index in [4.69, 9.17) is 4.84 Å². The number of carbonyl (C=O) groups is 2. The molecule has 0 fully saturated rings. The lowest BCUT2D eigenvalue weighted by Gasteiger charge is -2.12. The maximum absolute atomic E-state index is 11.8. The average molecular weight is 237 g/mol. The third kappa shape index (κ3) is 1.83. The van der Waals surface area contributed by atoms with E-state index in [1.807, 2.05) is 6.26 Å². The molecule has 0 spiro atoms. The fourth-order valence-electron chi connectivity index (χ4n) is 1.50. The van der Waals surface area contributed by atoms with Crippen LogP contribution < -0.4 is 0 Å². The Morgan fingerprint density at radius 3 is 2.25 bits per heavy atom. The summed E-state index contributed by atoms with van der Waals surface area (Å²) in [6.07, 6.45) is 1.94. The van der Waals surface area contributed by atoms with E-state index in [9.17, 15) is 9.59 Å². The van der Waals surface area contributed by atoms with Crippen LogP contribution in [-0.2, 0) is 4.84 Å². The Morgan fingerprint density at radius 1 is 1.19 bits per heavy atom. The van der Waals surface area contributed by atoms with Crippen molar-refractivity contribution in [3.8, 4) is 0 Å². The van der Waals surface area contributed by atoms with Crippen LogP contribution in [0.2, 0.25) is 0 Å². The third-order valence-corrected chi connectivity index (χ3v) is 2.84. The zero-order chi connectivity index (χ0) is 11.5. The van der Waals surface area contributed by atoms with E-state index in [2.05, 4.69) is 0 Å². The Kier molecular flexibility index (Phi) is 3.26. The first-order valence-electron chi connectivity index (χ1n) is 4.85. The minimum Gasteiger partial charge on any atom is -0.266 e. The van der Waals surface area contributed by atoms with Crippen molar-refractivity contribution in [2.45, 2.75) is 0 Å². The largest absolute Gasteiger partial charge is 0.285 e. The molecule has 0 aromatic heterocycles. The highest BCUT2D eigenvalue weighted by Gasteiger charge is 2.36. The Balaban J connectivity index is 2.15. The van der Waals surface area contributed by atoms with Gasteiger partial charge in [-0.3, -0.25) is 14.4 Å². The second kappa shape index (κ2) is 4.67. The number of hydrogen-bond donors (Lipinski definition) is 0. The summed E-state index contributed by atoms with van der Waals surface area (Å²) in [5.74, 6) is -0.00339. The molecule has 0 bridgehead atoms. The summed E-state index contributed by atoms with van der Waals surface area (Å²) in [6.45, 7) is 0.354. The number of hydrogen-bond acceptors (Lipinski definition) is 4. The number of rotatable bonds is 4. The first kappa shape index (κ1) is 11.2. The Hall–Kier alpha value is -1.33. The molecule has 0 unspecified atom stereocenters. The molecule has 2 rings (SSSR count). The lowest BCUT2D eigenvalue weighted by molar-refractivity contribution is -0.0852. The van der Waals surface area contributed by atoms with Crippen molar-refractivity contribution in [2.24, 2.45) is 0 Å². The van der Waals surface area contributed by atoms with Crippen LogP contribution in [0.15, 0.2) is 24.3 Å². The van der Waals surface area contributed by atoms with Gasteiger partial charge in [0.25, 0.3) is 11.8 Å². The zero-order valence-corrected chi connectivity index (χ0v) is 9.62. The summed E-state index contributed by atoms with van der Waals surface area (Å²) in [4.78, 5) is 28.7. The summed E-state index contributed by atoms with van der Waals surface area (Å²) < 4.78 is 0. The normalized spacial score (nSPS) is 14.4. The molecule has 1 heterocycles. The highest BCUT2D eigenvalue weighted by Crippen LogP contribution is 2.22. The average Bonchev–Trinajstić information content (AvgIpc) is 2.55. The molecule has 0 N–H and O–H groups in total. The number of fused-ring (bicyclic) bond motifs is 1. The quantitative estimate of drug-likeness (QED) is 0.589. The van der Waals surface area contributed by atoms with Crippen LogP contribution in [0.3, 0.4) is 0 Å². The van der Waals surface area contributed by atoms with Gasteiger partial charge in [0.1, 0.15) is 0 Å². The number of thioether (sulfide) groups is 1. The summed E-state index contributed by atoms with van der Waals surface area (Å²) in [5, 5.41) is 0.848. The van der Waals surface area contributed by atoms with Gasteiger partial charge in [-0.15, -0.1) is 5.06 Å². The fraction of sp³-hybridized carbons (Fsp3) is 0.273. The van der Waals surface area contributed by atoms with Gasteiger partial charge in [-0.25, -0.2) is 0 Å². The lowest BCUT2D eigenvalue weighted by atomic mass is 10.1. The van der Waals surface area contributed by atoms with Crippen LogP contribution >= 0.6 is 11.8 Å². The molecule has 4 nitrogen and oxygen atoms in total. The molecule has 0 saturated heterocycles. The minimum absolute atomic E-state index is 0.354. The third-order valence-electron chi connectivity index (χ3n) is 2.26. The molecule has 0 aliphatic carbocycles. The maximum Gasteiger partial charge on any atom is 0.285 e. The Morgan fingerprint density at radius 2 is 1.75 bits per heavy atom. The number of hydroxylamine groups is 2. The first-order chi connectivity index (χ1) is 7.75. The molecule has 16 heavy (non-hydrogen) atoms. The van der Waals surface area contributed by atoms with Crippen molar-refractivity contribution in [3.05, 3.63) is 35.4 Å². The molecular formula is C11H11NO3S. The van der Waals surface area contributed by atoms with Crippen LogP contribution in [0.1, 0.15) is 20.7 Å². The summed E-state index contributed by atoms with van der Waals surface area (Å²) >= 11 is 1.60. The summed E-state index contributed by atoms with van der Waals surface area (Å²) in [7, 11) is 0. The zero-order valence-electron chi connectivity index (χ0n) is 8.80. The molecule has 0 atom stereocenters. The van der Waals surface area contributed by atoms with Gasteiger partial charge in [0.15, 0.2) is 0 Å². The van der Waals surface area contributed by atoms with Crippen LogP contribution in [-0.4, -0.2) is 35.5 Å². The monoisotopic (exact) mass is 237 g/mol. The number of carbonyl (C=O) groups excluding carboxylic acids is 2. The Labute approximate surface area is 97.5 Å². The molecule has 84 valence electrons. The van der Waals surface area contributed by atoms with Crippen LogP contribution in [0.5, 0.6) is 0 Å². The molecule has 1 aromatic carbocycles. The highest BCUT2D eigenvalue weighted by atomic mass is 32.2. The van der Waals surface area contributed by atoms with Crippen molar-refractivity contribution in [2.75, 3.05) is 18.6 Å². The lowest BCUT2D eigenvalue weighted by Crippen LogP contribution is -2.30. The predicted molar refractivity (Wildman–Crippen MR) is 61.3 cm³/mol. The molecule has 5 heteroatoms. The first-order valence-corrected chi connectivity index (χ1v) is 6.24. The van der Waals surface area contributed by atoms with Crippen LogP contribution in [0.25, 0.3) is 0 Å². The van der Waals surface area contributed by atoms with E-state index < -0.39 is 0 Å².